The van der Waals surface area contributed by atoms with E-state index >= 15 is 0 Å². The summed E-state index contributed by atoms with van der Waals surface area (Å²) in [6.07, 6.45) is 1.60. The van der Waals surface area contributed by atoms with E-state index in [2.05, 4.69) is 4.72 Å². The molecule has 1 amide bonds. The van der Waals surface area contributed by atoms with Crippen LogP contribution in [0.4, 0.5) is 11.4 Å². The fourth-order valence-corrected chi connectivity index (χ4v) is 4.66. The molecule has 144 valence electrons. The Morgan fingerprint density at radius 1 is 1.26 bits per heavy atom. The highest BCUT2D eigenvalue weighted by atomic mass is 35.5. The quantitative estimate of drug-likeness (QED) is 0.796. The van der Waals surface area contributed by atoms with Crippen LogP contribution < -0.4 is 9.62 Å². The molecule has 1 heterocycles. The molecule has 1 aliphatic rings. The van der Waals surface area contributed by atoms with Gasteiger partial charge in [-0.1, -0.05) is 29.8 Å². The summed E-state index contributed by atoms with van der Waals surface area (Å²) < 4.78 is 32.5. The van der Waals surface area contributed by atoms with E-state index in [4.69, 9.17) is 16.3 Å². The molecule has 2 aromatic rings. The van der Waals surface area contributed by atoms with E-state index in [1.165, 1.54) is 7.11 Å². The van der Waals surface area contributed by atoms with Crippen molar-refractivity contribution >= 4 is 38.9 Å². The van der Waals surface area contributed by atoms with Crippen LogP contribution in [0.5, 0.6) is 0 Å². The zero-order valence-electron chi connectivity index (χ0n) is 14.9. The van der Waals surface area contributed by atoms with Crippen molar-refractivity contribution in [2.45, 2.75) is 18.6 Å². The van der Waals surface area contributed by atoms with Crippen molar-refractivity contribution in [3.8, 4) is 0 Å². The first-order chi connectivity index (χ1) is 12.9. The third kappa shape index (κ3) is 4.80. The number of fused-ring (bicyclic) bond motifs is 1. The lowest BCUT2D eigenvalue weighted by Gasteiger charge is -2.29. The summed E-state index contributed by atoms with van der Waals surface area (Å²) in [4.78, 5) is 13.9. The number of anilines is 2. The molecule has 0 atom stereocenters. The SMILES string of the molecule is COCC(=O)N1CCCc2cc(NS(=O)(=O)Cc3ccccc3Cl)ccc21. The second-order valence-corrected chi connectivity index (χ2v) is 8.51. The molecule has 0 aliphatic carbocycles. The highest BCUT2D eigenvalue weighted by Crippen LogP contribution is 2.30. The number of aryl methyl sites for hydroxylation is 1. The Morgan fingerprint density at radius 3 is 2.78 bits per heavy atom. The van der Waals surface area contributed by atoms with Crippen molar-refractivity contribution in [2.75, 3.05) is 29.9 Å². The van der Waals surface area contributed by atoms with Gasteiger partial charge in [0.25, 0.3) is 5.91 Å². The van der Waals surface area contributed by atoms with E-state index in [0.717, 1.165) is 24.1 Å². The Labute approximate surface area is 164 Å². The maximum absolute atomic E-state index is 12.5. The number of nitrogens with zero attached hydrogens (tertiary/aromatic N) is 1. The van der Waals surface area contributed by atoms with Crippen molar-refractivity contribution in [3.05, 3.63) is 58.6 Å². The lowest BCUT2D eigenvalue weighted by Crippen LogP contribution is -2.37. The highest BCUT2D eigenvalue weighted by Gasteiger charge is 2.23. The lowest BCUT2D eigenvalue weighted by molar-refractivity contribution is -0.122. The first-order valence-electron chi connectivity index (χ1n) is 8.56. The summed E-state index contributed by atoms with van der Waals surface area (Å²) >= 11 is 6.06. The minimum atomic E-state index is -3.61. The summed E-state index contributed by atoms with van der Waals surface area (Å²) in [5, 5.41) is 0.417. The van der Waals surface area contributed by atoms with E-state index in [1.54, 1.807) is 47.4 Å². The van der Waals surface area contributed by atoms with Gasteiger partial charge in [-0.2, -0.15) is 0 Å². The van der Waals surface area contributed by atoms with Gasteiger partial charge in [0.05, 0.1) is 5.75 Å². The Hall–Kier alpha value is -2.09. The van der Waals surface area contributed by atoms with E-state index in [-0.39, 0.29) is 18.3 Å². The second kappa shape index (κ2) is 8.29. The number of halogens is 1. The number of rotatable bonds is 6. The first kappa shape index (κ1) is 19.7. The number of methoxy groups -OCH3 is 1. The molecule has 8 heteroatoms. The van der Waals surface area contributed by atoms with Gasteiger partial charge in [-0.15, -0.1) is 0 Å². The number of hydrogen-bond acceptors (Lipinski definition) is 4. The zero-order valence-corrected chi connectivity index (χ0v) is 16.5. The van der Waals surface area contributed by atoms with E-state index in [0.29, 0.717) is 22.8 Å². The third-order valence-corrected chi connectivity index (χ3v) is 5.95. The average molecular weight is 409 g/mol. The molecular formula is C19H21ClN2O4S. The largest absolute Gasteiger partial charge is 0.375 e. The molecule has 1 aliphatic heterocycles. The zero-order chi connectivity index (χ0) is 19.4. The summed E-state index contributed by atoms with van der Waals surface area (Å²) in [6.45, 7) is 0.651. The summed E-state index contributed by atoms with van der Waals surface area (Å²) in [5.41, 5.74) is 2.75. The van der Waals surface area contributed by atoms with E-state index in [9.17, 15) is 13.2 Å². The summed E-state index contributed by atoms with van der Waals surface area (Å²) in [6, 6.07) is 12.1. The Morgan fingerprint density at radius 2 is 2.04 bits per heavy atom. The molecule has 0 spiro atoms. The summed E-state index contributed by atoms with van der Waals surface area (Å²) in [7, 11) is -2.12. The molecule has 0 aromatic heterocycles. The van der Waals surface area contributed by atoms with Crippen molar-refractivity contribution in [1.82, 2.24) is 0 Å². The number of carbonyl (C=O) groups is 1. The molecule has 0 radical (unpaired) electrons. The van der Waals surface area contributed by atoms with Crippen LogP contribution >= 0.6 is 11.6 Å². The van der Waals surface area contributed by atoms with Gasteiger partial charge in [0, 0.05) is 30.1 Å². The standard InChI is InChI=1S/C19H21ClN2O4S/c1-26-12-19(23)22-10-4-6-14-11-16(8-9-18(14)22)21-27(24,25)13-15-5-2-3-7-17(15)20/h2-3,5,7-9,11,21H,4,6,10,12-13H2,1H3. The van der Waals surface area contributed by atoms with Crippen LogP contribution in [0.15, 0.2) is 42.5 Å². The van der Waals surface area contributed by atoms with E-state index < -0.39 is 10.0 Å². The van der Waals surface area contributed by atoms with Gasteiger partial charge in [0.1, 0.15) is 6.61 Å². The van der Waals surface area contributed by atoms with Gasteiger partial charge < -0.3 is 9.64 Å². The molecule has 0 fully saturated rings. The average Bonchev–Trinajstić information content (AvgIpc) is 2.62. The molecule has 0 saturated carbocycles. The highest BCUT2D eigenvalue weighted by molar-refractivity contribution is 7.91. The van der Waals surface area contributed by atoms with Crippen LogP contribution in [0, 0.1) is 0 Å². The third-order valence-electron chi connectivity index (χ3n) is 4.34. The number of ether oxygens (including phenoxy) is 1. The van der Waals surface area contributed by atoms with Crippen LogP contribution in [-0.4, -0.2) is 34.6 Å². The smallest absolute Gasteiger partial charge is 0.252 e. The molecule has 6 nitrogen and oxygen atoms in total. The van der Waals surface area contributed by atoms with Crippen molar-refractivity contribution < 1.29 is 17.9 Å². The second-order valence-electron chi connectivity index (χ2n) is 6.38. The van der Waals surface area contributed by atoms with Crippen molar-refractivity contribution in [3.63, 3.8) is 0 Å². The van der Waals surface area contributed by atoms with Crippen LogP contribution in [0.2, 0.25) is 5.02 Å². The van der Waals surface area contributed by atoms with E-state index in [1.807, 2.05) is 0 Å². The predicted octanol–water partition coefficient (Wildman–Crippen LogP) is 3.21. The van der Waals surface area contributed by atoms with Gasteiger partial charge in [0.2, 0.25) is 10.0 Å². The van der Waals surface area contributed by atoms with Gasteiger partial charge in [0.15, 0.2) is 0 Å². The number of sulfonamides is 1. The van der Waals surface area contributed by atoms with Crippen LogP contribution in [-0.2, 0) is 31.7 Å². The van der Waals surface area contributed by atoms with Crippen LogP contribution in [0.3, 0.4) is 0 Å². The Balaban J connectivity index is 1.79. The lowest BCUT2D eigenvalue weighted by atomic mass is 10.0. The Bertz CT molecular complexity index is 946. The van der Waals surface area contributed by atoms with Crippen LogP contribution in [0.1, 0.15) is 17.5 Å². The maximum atomic E-state index is 12.5. The molecule has 2 aromatic carbocycles. The monoisotopic (exact) mass is 408 g/mol. The van der Waals surface area contributed by atoms with Gasteiger partial charge in [-0.3, -0.25) is 9.52 Å². The normalized spacial score (nSPS) is 13.9. The van der Waals surface area contributed by atoms with Gasteiger partial charge >= 0.3 is 0 Å². The Kier molecular flexibility index (Phi) is 6.04. The predicted molar refractivity (Wildman–Crippen MR) is 107 cm³/mol. The molecular weight excluding hydrogens is 388 g/mol. The molecule has 0 unspecified atom stereocenters. The molecule has 3 rings (SSSR count). The van der Waals surface area contributed by atoms with Crippen molar-refractivity contribution in [1.29, 1.82) is 0 Å². The number of carbonyl (C=O) groups excluding carboxylic acids is 1. The number of hydrogen-bond donors (Lipinski definition) is 1. The van der Waals surface area contributed by atoms with Gasteiger partial charge in [-0.25, -0.2) is 8.42 Å². The molecule has 1 N–H and O–H groups in total. The fraction of sp³-hybridized carbons (Fsp3) is 0.316. The molecule has 0 saturated heterocycles. The number of nitrogens with one attached hydrogen (secondary N) is 1. The fourth-order valence-electron chi connectivity index (χ4n) is 3.16. The summed E-state index contributed by atoms with van der Waals surface area (Å²) in [5.74, 6) is -0.312. The molecule has 0 bridgehead atoms. The van der Waals surface area contributed by atoms with Gasteiger partial charge in [-0.05, 0) is 48.2 Å². The van der Waals surface area contributed by atoms with Crippen molar-refractivity contribution in [2.24, 2.45) is 0 Å². The molecule has 27 heavy (non-hydrogen) atoms. The number of benzene rings is 2. The first-order valence-corrected chi connectivity index (χ1v) is 10.6. The topological polar surface area (TPSA) is 75.7 Å². The minimum Gasteiger partial charge on any atom is -0.375 e. The number of amides is 1. The maximum Gasteiger partial charge on any atom is 0.252 e. The minimum absolute atomic E-state index is 0.0195. The van der Waals surface area contributed by atoms with Crippen LogP contribution in [0.25, 0.3) is 0 Å².